The van der Waals surface area contributed by atoms with Crippen LogP contribution in [0.15, 0.2) is 46.1 Å². The van der Waals surface area contributed by atoms with E-state index in [1.54, 1.807) is 36.5 Å². The van der Waals surface area contributed by atoms with Crippen LogP contribution >= 0.6 is 11.6 Å². The third-order valence-electron chi connectivity index (χ3n) is 3.15. The molecule has 2 aromatic heterocycles. The summed E-state index contributed by atoms with van der Waals surface area (Å²) in [4.78, 5) is 30.8. The molecule has 0 radical (unpaired) electrons. The Morgan fingerprint density at radius 2 is 2.10 bits per heavy atom. The van der Waals surface area contributed by atoms with Crippen LogP contribution in [0.5, 0.6) is 0 Å². The number of nitrogens with one attached hydrogen (secondary N) is 1. The molecule has 0 bridgehead atoms. The van der Waals surface area contributed by atoms with Gasteiger partial charge >= 0.3 is 11.1 Å². The van der Waals surface area contributed by atoms with Crippen molar-refractivity contribution in [1.82, 2.24) is 14.5 Å². The van der Waals surface area contributed by atoms with Gasteiger partial charge in [-0.2, -0.15) is 0 Å². The maximum absolute atomic E-state index is 12.3. The lowest BCUT2D eigenvalue weighted by Crippen LogP contribution is -2.36. The van der Waals surface area contributed by atoms with Crippen molar-refractivity contribution in [3.8, 4) is 5.69 Å². The molecule has 3 N–H and O–H groups in total. The molecule has 0 amide bonds. The van der Waals surface area contributed by atoms with Gasteiger partial charge in [0.15, 0.2) is 0 Å². The molecule has 2 heterocycles. The molecule has 0 aliphatic rings. The summed E-state index contributed by atoms with van der Waals surface area (Å²) in [6.07, 6.45) is 1.58. The highest BCUT2D eigenvalue weighted by Crippen LogP contribution is 2.19. The van der Waals surface area contributed by atoms with Crippen LogP contribution in [0.1, 0.15) is 5.69 Å². The summed E-state index contributed by atoms with van der Waals surface area (Å²) in [7, 11) is 0. The quantitative estimate of drug-likeness (QED) is 0.695. The number of aromatic nitrogens is 3. The van der Waals surface area contributed by atoms with Gasteiger partial charge in [0.1, 0.15) is 0 Å². The van der Waals surface area contributed by atoms with Gasteiger partial charge in [0.05, 0.1) is 22.4 Å². The number of aromatic amines is 1. The lowest BCUT2D eigenvalue weighted by atomic mass is 10.2. The molecule has 0 aliphatic heterocycles. The summed E-state index contributed by atoms with van der Waals surface area (Å²) < 4.78 is 1.29. The van der Waals surface area contributed by atoms with Crippen molar-refractivity contribution in [3.63, 3.8) is 0 Å². The second kappa shape index (κ2) is 5.16. The van der Waals surface area contributed by atoms with Gasteiger partial charge in [0.2, 0.25) is 0 Å². The highest BCUT2D eigenvalue weighted by atomic mass is 35.5. The van der Waals surface area contributed by atoms with Gasteiger partial charge < -0.3 is 10.7 Å². The molecular weight excluding hydrogens is 292 g/mol. The first-order valence-electron chi connectivity index (χ1n) is 6.21. The Morgan fingerprint density at radius 1 is 1.29 bits per heavy atom. The number of benzene rings is 1. The van der Waals surface area contributed by atoms with E-state index in [2.05, 4.69) is 9.97 Å². The Bertz CT molecular complexity index is 946. The minimum Gasteiger partial charge on any atom is -0.325 e. The number of halogens is 1. The van der Waals surface area contributed by atoms with Crippen LogP contribution in [0.2, 0.25) is 5.02 Å². The number of hydrogen-bond donors (Lipinski definition) is 2. The number of nitrogens with two attached hydrogens (primary N) is 1. The Hall–Kier alpha value is -2.44. The van der Waals surface area contributed by atoms with Crippen molar-refractivity contribution in [3.05, 3.63) is 68.0 Å². The number of fused-ring (bicyclic) bond motifs is 1. The van der Waals surface area contributed by atoms with E-state index in [-0.39, 0.29) is 6.54 Å². The van der Waals surface area contributed by atoms with E-state index in [0.717, 1.165) is 0 Å². The second-order valence-electron chi connectivity index (χ2n) is 4.43. The molecule has 0 unspecified atom stereocenters. The fourth-order valence-electron chi connectivity index (χ4n) is 2.21. The van der Waals surface area contributed by atoms with Crippen molar-refractivity contribution in [1.29, 1.82) is 0 Å². The van der Waals surface area contributed by atoms with Crippen LogP contribution in [0, 0.1) is 0 Å². The first-order chi connectivity index (χ1) is 10.1. The molecule has 3 aromatic rings. The molecule has 0 fully saturated rings. The number of nitrogens with zero attached hydrogens (tertiary/aromatic N) is 2. The first kappa shape index (κ1) is 13.5. The second-order valence-corrected chi connectivity index (χ2v) is 4.87. The van der Waals surface area contributed by atoms with Crippen LogP contribution < -0.4 is 16.9 Å². The summed E-state index contributed by atoms with van der Waals surface area (Å²) in [5, 5.41) is 0.459. The van der Waals surface area contributed by atoms with Crippen molar-refractivity contribution in [2.24, 2.45) is 5.73 Å². The maximum atomic E-state index is 12.3. The Morgan fingerprint density at radius 3 is 2.86 bits per heavy atom. The molecule has 0 spiro atoms. The molecule has 0 aliphatic carbocycles. The predicted octanol–water partition coefficient (Wildman–Crippen LogP) is 1.19. The van der Waals surface area contributed by atoms with Gasteiger partial charge in [-0.3, -0.25) is 19.1 Å². The highest BCUT2D eigenvalue weighted by molar-refractivity contribution is 6.31. The summed E-state index contributed by atoms with van der Waals surface area (Å²) in [6.45, 7) is 0.150. The third-order valence-corrected chi connectivity index (χ3v) is 3.38. The maximum Gasteiger partial charge on any atom is 0.321 e. The van der Waals surface area contributed by atoms with E-state index in [1.807, 2.05) is 0 Å². The molecule has 6 nitrogen and oxygen atoms in total. The largest absolute Gasteiger partial charge is 0.325 e. The number of hydrogen-bond acceptors (Lipinski definition) is 4. The zero-order valence-corrected chi connectivity index (χ0v) is 11.6. The average molecular weight is 303 g/mol. The van der Waals surface area contributed by atoms with E-state index in [9.17, 15) is 9.59 Å². The molecule has 0 saturated carbocycles. The smallest absolute Gasteiger partial charge is 0.321 e. The molecule has 1 aromatic carbocycles. The molecule has 0 atom stereocenters. The third kappa shape index (κ3) is 2.24. The molecule has 7 heteroatoms. The topological polar surface area (TPSA) is 93.8 Å². The summed E-state index contributed by atoms with van der Waals surface area (Å²) >= 11 is 6.00. The molecular formula is C14H11ClN4O2. The predicted molar refractivity (Wildman–Crippen MR) is 80.9 cm³/mol. The average Bonchev–Trinajstić information content (AvgIpc) is 2.49. The van der Waals surface area contributed by atoms with Crippen LogP contribution in [-0.2, 0) is 6.54 Å². The SMILES string of the molecule is NCc1ncccc1-n1c(=O)c(=O)[nH]c2ccc(Cl)cc21. The summed E-state index contributed by atoms with van der Waals surface area (Å²) in [5.74, 6) is 0. The van der Waals surface area contributed by atoms with Gasteiger partial charge in [-0.25, -0.2) is 0 Å². The van der Waals surface area contributed by atoms with Crippen LogP contribution in [0.4, 0.5) is 0 Å². The summed E-state index contributed by atoms with van der Waals surface area (Å²) in [5.41, 5.74) is 6.25. The van der Waals surface area contributed by atoms with E-state index < -0.39 is 11.1 Å². The van der Waals surface area contributed by atoms with Crippen LogP contribution in [-0.4, -0.2) is 14.5 Å². The Balaban J connectivity index is 2.51. The normalized spacial score (nSPS) is 11.0. The summed E-state index contributed by atoms with van der Waals surface area (Å²) in [6, 6.07) is 8.27. The minimum absolute atomic E-state index is 0.150. The lowest BCUT2D eigenvalue weighted by Gasteiger charge is -2.12. The highest BCUT2D eigenvalue weighted by Gasteiger charge is 2.13. The van der Waals surface area contributed by atoms with Gasteiger partial charge in [-0.15, -0.1) is 0 Å². The van der Waals surface area contributed by atoms with E-state index in [4.69, 9.17) is 17.3 Å². The molecule has 21 heavy (non-hydrogen) atoms. The van der Waals surface area contributed by atoms with Gasteiger partial charge in [0, 0.05) is 17.8 Å². The molecule has 0 saturated heterocycles. The van der Waals surface area contributed by atoms with E-state index in [0.29, 0.717) is 27.4 Å². The van der Waals surface area contributed by atoms with Gasteiger partial charge in [-0.1, -0.05) is 11.6 Å². The van der Waals surface area contributed by atoms with E-state index in [1.165, 1.54) is 4.57 Å². The monoisotopic (exact) mass is 302 g/mol. The van der Waals surface area contributed by atoms with E-state index >= 15 is 0 Å². The van der Waals surface area contributed by atoms with Crippen molar-refractivity contribution < 1.29 is 0 Å². The van der Waals surface area contributed by atoms with Crippen molar-refractivity contribution >= 4 is 22.6 Å². The van der Waals surface area contributed by atoms with Crippen LogP contribution in [0.3, 0.4) is 0 Å². The molecule has 3 rings (SSSR count). The Kier molecular flexibility index (Phi) is 3.32. The number of pyridine rings is 1. The number of rotatable bonds is 2. The standard InChI is InChI=1S/C14H11ClN4O2/c15-8-3-4-9-12(6-8)19(14(21)13(20)18-9)11-2-1-5-17-10(11)7-16/h1-6H,7,16H2,(H,18,20). The zero-order chi connectivity index (χ0) is 15.0. The lowest BCUT2D eigenvalue weighted by molar-refractivity contribution is 0.909. The van der Waals surface area contributed by atoms with Crippen molar-refractivity contribution in [2.45, 2.75) is 6.54 Å². The van der Waals surface area contributed by atoms with Crippen molar-refractivity contribution in [2.75, 3.05) is 0 Å². The minimum atomic E-state index is -0.711. The van der Waals surface area contributed by atoms with Crippen LogP contribution in [0.25, 0.3) is 16.7 Å². The van der Waals surface area contributed by atoms with Gasteiger partial charge in [0.25, 0.3) is 0 Å². The fourth-order valence-corrected chi connectivity index (χ4v) is 2.38. The first-order valence-corrected chi connectivity index (χ1v) is 6.58. The number of H-pyrrole nitrogens is 1. The fraction of sp³-hybridized carbons (Fsp3) is 0.0714. The van der Waals surface area contributed by atoms with Gasteiger partial charge in [-0.05, 0) is 30.3 Å². The Labute approximate surface area is 123 Å². The zero-order valence-electron chi connectivity index (χ0n) is 10.8. The molecule has 106 valence electrons.